The average Bonchev–Trinajstić information content (AvgIpc) is 2.94. The standard InChI is InChI=1S/C14H13N3O3/c1-8-6-9(17-20-8)7-14(13(15)19)11-5-3-2-4-10(11)12(18)16-14/h2-6H,7H2,1H3,(H2,15,19)(H,16,18). The normalized spacial score (nSPS) is 20.6. The predicted molar refractivity (Wildman–Crippen MR) is 69.7 cm³/mol. The molecule has 0 saturated heterocycles. The zero-order valence-electron chi connectivity index (χ0n) is 10.8. The molecule has 3 rings (SSSR count). The summed E-state index contributed by atoms with van der Waals surface area (Å²) in [4.78, 5) is 24.0. The highest BCUT2D eigenvalue weighted by Gasteiger charge is 2.48. The van der Waals surface area contributed by atoms with Gasteiger partial charge in [-0.25, -0.2) is 0 Å². The van der Waals surface area contributed by atoms with Crippen LogP contribution in [0.25, 0.3) is 0 Å². The van der Waals surface area contributed by atoms with Gasteiger partial charge >= 0.3 is 0 Å². The maximum atomic E-state index is 12.0. The van der Waals surface area contributed by atoms with Crippen LogP contribution in [0.2, 0.25) is 0 Å². The van der Waals surface area contributed by atoms with Gasteiger partial charge in [-0.2, -0.15) is 0 Å². The fourth-order valence-corrected chi connectivity index (χ4v) is 2.58. The van der Waals surface area contributed by atoms with Crippen molar-refractivity contribution in [2.45, 2.75) is 18.9 Å². The van der Waals surface area contributed by atoms with Gasteiger partial charge < -0.3 is 15.6 Å². The predicted octanol–water partition coefficient (Wildman–Crippen LogP) is 0.650. The van der Waals surface area contributed by atoms with Gasteiger partial charge in [0.15, 0.2) is 5.54 Å². The van der Waals surface area contributed by atoms with Gasteiger partial charge in [0.2, 0.25) is 5.91 Å². The molecule has 0 spiro atoms. The zero-order chi connectivity index (χ0) is 14.3. The van der Waals surface area contributed by atoms with Crippen LogP contribution >= 0.6 is 0 Å². The van der Waals surface area contributed by atoms with Crippen LogP contribution in [0.3, 0.4) is 0 Å². The Morgan fingerprint density at radius 1 is 1.45 bits per heavy atom. The number of carbonyl (C=O) groups is 2. The topological polar surface area (TPSA) is 98.2 Å². The van der Waals surface area contributed by atoms with Gasteiger partial charge in [0, 0.05) is 23.6 Å². The average molecular weight is 271 g/mol. The number of nitrogens with zero attached hydrogens (tertiary/aromatic N) is 1. The first-order valence-electron chi connectivity index (χ1n) is 6.17. The molecule has 1 aromatic heterocycles. The van der Waals surface area contributed by atoms with Crippen molar-refractivity contribution >= 4 is 11.8 Å². The molecule has 6 heteroatoms. The van der Waals surface area contributed by atoms with E-state index < -0.39 is 11.4 Å². The summed E-state index contributed by atoms with van der Waals surface area (Å²) in [5.41, 5.74) is 5.90. The Balaban J connectivity index is 2.11. The molecule has 2 heterocycles. The number of hydrogen-bond donors (Lipinski definition) is 2. The van der Waals surface area contributed by atoms with Crippen molar-refractivity contribution in [3.63, 3.8) is 0 Å². The maximum Gasteiger partial charge on any atom is 0.252 e. The molecule has 0 bridgehead atoms. The number of rotatable bonds is 3. The number of fused-ring (bicyclic) bond motifs is 1. The van der Waals surface area contributed by atoms with Crippen LogP contribution in [0.4, 0.5) is 0 Å². The van der Waals surface area contributed by atoms with E-state index in [4.69, 9.17) is 10.3 Å². The fourth-order valence-electron chi connectivity index (χ4n) is 2.58. The van der Waals surface area contributed by atoms with E-state index in [1.54, 1.807) is 37.3 Å². The van der Waals surface area contributed by atoms with E-state index in [2.05, 4.69) is 10.5 Å². The quantitative estimate of drug-likeness (QED) is 0.856. The van der Waals surface area contributed by atoms with Crippen molar-refractivity contribution in [1.29, 1.82) is 0 Å². The third-order valence-electron chi connectivity index (χ3n) is 3.50. The number of nitrogens with one attached hydrogen (secondary N) is 1. The molecular formula is C14H13N3O3. The van der Waals surface area contributed by atoms with Gasteiger partial charge in [0.05, 0.1) is 5.69 Å². The molecule has 3 N–H and O–H groups in total. The largest absolute Gasteiger partial charge is 0.367 e. The van der Waals surface area contributed by atoms with Gasteiger partial charge in [-0.3, -0.25) is 9.59 Å². The first-order valence-corrected chi connectivity index (χ1v) is 6.17. The zero-order valence-corrected chi connectivity index (χ0v) is 10.8. The van der Waals surface area contributed by atoms with Crippen LogP contribution in [0.15, 0.2) is 34.9 Å². The van der Waals surface area contributed by atoms with Gasteiger partial charge in [-0.05, 0) is 13.0 Å². The second-order valence-corrected chi connectivity index (χ2v) is 4.87. The SMILES string of the molecule is Cc1cc(CC2(C(N)=O)NC(=O)c3ccccc32)no1. The second-order valence-electron chi connectivity index (χ2n) is 4.87. The molecule has 6 nitrogen and oxygen atoms in total. The number of amides is 2. The van der Waals surface area contributed by atoms with E-state index in [1.807, 2.05) is 0 Å². The maximum absolute atomic E-state index is 12.0. The Labute approximate surface area is 114 Å². The van der Waals surface area contributed by atoms with Crippen LogP contribution in [0.1, 0.15) is 27.4 Å². The van der Waals surface area contributed by atoms with Crippen molar-refractivity contribution in [2.24, 2.45) is 5.73 Å². The molecule has 0 aliphatic carbocycles. The van der Waals surface area contributed by atoms with Crippen LogP contribution in [0.5, 0.6) is 0 Å². The van der Waals surface area contributed by atoms with Crippen molar-refractivity contribution in [1.82, 2.24) is 10.5 Å². The fraction of sp³-hybridized carbons (Fsp3) is 0.214. The molecule has 1 atom stereocenters. The lowest BCUT2D eigenvalue weighted by Gasteiger charge is -2.25. The summed E-state index contributed by atoms with van der Waals surface area (Å²) in [5, 5.41) is 6.57. The number of nitrogens with two attached hydrogens (primary N) is 1. The van der Waals surface area contributed by atoms with Crippen LogP contribution in [-0.4, -0.2) is 17.0 Å². The molecule has 0 fully saturated rings. The molecule has 1 aliphatic heterocycles. The van der Waals surface area contributed by atoms with E-state index in [1.165, 1.54) is 0 Å². The van der Waals surface area contributed by atoms with Crippen molar-refractivity contribution in [3.05, 3.63) is 52.9 Å². The van der Waals surface area contributed by atoms with Crippen LogP contribution in [-0.2, 0) is 16.8 Å². The number of primary amides is 1. The Bertz CT molecular complexity index is 707. The van der Waals surface area contributed by atoms with Crippen LogP contribution < -0.4 is 11.1 Å². The van der Waals surface area contributed by atoms with E-state index >= 15 is 0 Å². The monoisotopic (exact) mass is 271 g/mol. The van der Waals surface area contributed by atoms with Gasteiger partial charge in [0.1, 0.15) is 5.76 Å². The lowest BCUT2D eigenvalue weighted by molar-refractivity contribution is -0.124. The van der Waals surface area contributed by atoms with Crippen molar-refractivity contribution in [3.8, 4) is 0 Å². The van der Waals surface area contributed by atoms with Crippen LogP contribution in [0, 0.1) is 6.92 Å². The van der Waals surface area contributed by atoms with Crippen molar-refractivity contribution < 1.29 is 14.1 Å². The second kappa shape index (κ2) is 4.19. The molecule has 102 valence electrons. The smallest absolute Gasteiger partial charge is 0.252 e. The highest BCUT2D eigenvalue weighted by molar-refractivity contribution is 6.06. The summed E-state index contributed by atoms with van der Waals surface area (Å²) >= 11 is 0. The number of aryl methyl sites for hydroxylation is 1. The Morgan fingerprint density at radius 3 is 2.85 bits per heavy atom. The summed E-state index contributed by atoms with van der Waals surface area (Å²) in [6.45, 7) is 1.76. The summed E-state index contributed by atoms with van der Waals surface area (Å²) in [6.07, 6.45) is 0.169. The Hall–Kier alpha value is -2.63. The lowest BCUT2D eigenvalue weighted by Crippen LogP contribution is -2.52. The Kier molecular flexibility index (Phi) is 2.60. The third-order valence-corrected chi connectivity index (χ3v) is 3.50. The van der Waals surface area contributed by atoms with E-state index in [0.29, 0.717) is 22.6 Å². The van der Waals surface area contributed by atoms with E-state index in [9.17, 15) is 9.59 Å². The van der Waals surface area contributed by atoms with Gasteiger partial charge in [-0.15, -0.1) is 0 Å². The molecular weight excluding hydrogens is 258 g/mol. The minimum Gasteiger partial charge on any atom is -0.367 e. The molecule has 2 amide bonds. The summed E-state index contributed by atoms with van der Waals surface area (Å²) < 4.78 is 5.00. The van der Waals surface area contributed by atoms with Crippen molar-refractivity contribution in [2.75, 3.05) is 0 Å². The van der Waals surface area contributed by atoms with Gasteiger partial charge in [0.25, 0.3) is 5.91 Å². The summed E-state index contributed by atoms with van der Waals surface area (Å²) in [7, 11) is 0. The molecule has 2 aromatic rings. The first kappa shape index (κ1) is 12.4. The number of hydrogen-bond acceptors (Lipinski definition) is 4. The molecule has 0 saturated carbocycles. The Morgan fingerprint density at radius 2 is 2.20 bits per heavy atom. The minimum atomic E-state index is -1.27. The molecule has 1 unspecified atom stereocenters. The molecule has 1 aliphatic rings. The third kappa shape index (κ3) is 1.69. The number of benzene rings is 1. The molecule has 0 radical (unpaired) electrons. The number of aromatic nitrogens is 1. The first-order chi connectivity index (χ1) is 9.53. The summed E-state index contributed by atoms with van der Waals surface area (Å²) in [6, 6.07) is 8.63. The molecule has 20 heavy (non-hydrogen) atoms. The number of carbonyl (C=O) groups excluding carboxylic acids is 2. The lowest BCUT2D eigenvalue weighted by atomic mass is 9.85. The minimum absolute atomic E-state index is 0.169. The van der Waals surface area contributed by atoms with E-state index in [-0.39, 0.29) is 12.3 Å². The van der Waals surface area contributed by atoms with E-state index in [0.717, 1.165) is 0 Å². The van der Waals surface area contributed by atoms with Gasteiger partial charge in [-0.1, -0.05) is 23.4 Å². The highest BCUT2D eigenvalue weighted by atomic mass is 16.5. The summed E-state index contributed by atoms with van der Waals surface area (Å²) in [5.74, 6) is -0.284. The molecule has 1 aromatic carbocycles. The highest BCUT2D eigenvalue weighted by Crippen LogP contribution is 2.33.